The summed E-state index contributed by atoms with van der Waals surface area (Å²) in [6, 6.07) is 47.4. The summed E-state index contributed by atoms with van der Waals surface area (Å²) in [6.07, 6.45) is -14.8. The van der Waals surface area contributed by atoms with E-state index in [0.717, 1.165) is 0 Å². The lowest BCUT2D eigenvalue weighted by Crippen LogP contribution is -2.64. The van der Waals surface area contributed by atoms with Crippen molar-refractivity contribution < 1.29 is 80.9 Å². The Bertz CT molecular complexity index is 2920. The average Bonchev–Trinajstić information content (AvgIpc) is 3.48. The van der Waals surface area contributed by atoms with E-state index in [2.05, 4.69) is 0 Å². The van der Waals surface area contributed by atoms with Crippen molar-refractivity contribution in [2.75, 3.05) is 24.8 Å². The van der Waals surface area contributed by atoms with Crippen molar-refractivity contribution in [1.29, 1.82) is 0 Å². The largest absolute Gasteiger partial charge is 0.462 e. The molecule has 2 saturated heterocycles. The summed E-state index contributed by atoms with van der Waals surface area (Å²) in [5.74, 6) is -6.48. The predicted octanol–water partition coefficient (Wildman–Crippen LogP) is 8.34. The van der Waals surface area contributed by atoms with Crippen LogP contribution in [0.5, 0.6) is 0 Å². The highest BCUT2D eigenvalue weighted by Gasteiger charge is 2.56. The molecule has 19 heteroatoms. The van der Waals surface area contributed by atoms with Gasteiger partial charge in [0.05, 0.1) is 40.0 Å². The predicted molar refractivity (Wildman–Crippen MR) is 277 cm³/mol. The van der Waals surface area contributed by atoms with Crippen molar-refractivity contribution in [2.24, 2.45) is 0 Å². The van der Waals surface area contributed by atoms with E-state index in [4.69, 9.17) is 59.0 Å². The fourth-order valence-corrected chi connectivity index (χ4v) is 9.29. The maximum atomic E-state index is 14.2. The summed E-state index contributed by atoms with van der Waals surface area (Å²) in [4.78, 5) is 97.4. The van der Waals surface area contributed by atoms with Crippen LogP contribution in [0.15, 0.2) is 182 Å². The molecule has 0 saturated carbocycles. The highest BCUT2D eigenvalue weighted by molar-refractivity contribution is 7.99. The van der Waals surface area contributed by atoms with Crippen molar-refractivity contribution in [3.05, 3.63) is 215 Å². The second-order valence-corrected chi connectivity index (χ2v) is 18.7. The molecule has 0 radical (unpaired) electrons. The Balaban J connectivity index is 1.22. The summed E-state index contributed by atoms with van der Waals surface area (Å²) >= 11 is 7.03. The third kappa shape index (κ3) is 14.5. The number of hydrogen-bond acceptors (Lipinski definition) is 18. The summed E-state index contributed by atoms with van der Waals surface area (Å²) in [5, 5.41) is 0. The van der Waals surface area contributed by atoms with Crippen molar-refractivity contribution in [3.8, 4) is 0 Å². The summed E-state index contributed by atoms with van der Waals surface area (Å²) in [6.45, 7) is 0.492. The van der Waals surface area contributed by atoms with Crippen LogP contribution in [0.3, 0.4) is 0 Å². The molecule has 2 fully saturated rings. The molecule has 2 aliphatic rings. The monoisotopic (exact) mass is 1090 g/mol. The first kappa shape index (κ1) is 55.4. The second kappa shape index (κ2) is 27.3. The van der Waals surface area contributed by atoms with E-state index in [1.54, 1.807) is 109 Å². The lowest BCUT2D eigenvalue weighted by molar-refractivity contribution is -0.309. The first-order chi connectivity index (χ1) is 37.5. The third-order valence-corrected chi connectivity index (χ3v) is 13.2. The molecule has 0 unspecified atom stereocenters. The first-order valence-corrected chi connectivity index (χ1v) is 25.9. The zero-order valence-electron chi connectivity index (χ0n) is 41.1. The van der Waals surface area contributed by atoms with Gasteiger partial charge in [0, 0.05) is 0 Å². The normalized spacial score (nSPS) is 22.7. The van der Waals surface area contributed by atoms with Crippen LogP contribution >= 0.6 is 23.4 Å². The molecule has 6 aromatic rings. The number of esters is 7. The van der Waals surface area contributed by atoms with Gasteiger partial charge in [0.25, 0.3) is 0 Å². The fourth-order valence-electron chi connectivity index (χ4n) is 8.26. The maximum absolute atomic E-state index is 14.2. The van der Waals surface area contributed by atoms with Crippen molar-refractivity contribution in [1.82, 2.24) is 0 Å². The molecule has 17 nitrogen and oxygen atoms in total. The Kier molecular flexibility index (Phi) is 19.6. The number of carbonyl (C=O) groups excluding carboxylic acids is 7. The molecule has 6 aromatic carbocycles. The molecular weight excluding hydrogens is 1040 g/mol. The van der Waals surface area contributed by atoms with E-state index < -0.39 is 121 Å². The van der Waals surface area contributed by atoms with Crippen LogP contribution < -0.4 is 0 Å². The van der Waals surface area contributed by atoms with Crippen LogP contribution in [-0.2, 0) is 52.2 Å². The van der Waals surface area contributed by atoms with Gasteiger partial charge in [0.1, 0.15) is 30.1 Å². The van der Waals surface area contributed by atoms with Gasteiger partial charge in [0.2, 0.25) is 0 Å². The molecule has 2 heterocycles. The Morgan fingerprint density at radius 2 is 0.701 bits per heavy atom. The summed E-state index contributed by atoms with van der Waals surface area (Å²) in [5.41, 5.74) is -0.572. The van der Waals surface area contributed by atoms with Crippen molar-refractivity contribution >= 4 is 65.1 Å². The molecule has 0 amide bonds. The van der Waals surface area contributed by atoms with E-state index in [9.17, 15) is 33.6 Å². The van der Waals surface area contributed by atoms with E-state index in [1.165, 1.54) is 84.6 Å². The topological polar surface area (TPSA) is 212 Å². The molecule has 77 heavy (non-hydrogen) atoms. The minimum Gasteiger partial charge on any atom is -0.462 e. The van der Waals surface area contributed by atoms with Crippen LogP contribution in [0.1, 0.15) is 69.1 Å². The number of carbonyl (C=O) groups is 7. The number of ether oxygens (including phenoxy) is 10. The fraction of sp³-hybridized carbons (Fsp3) is 0.259. The number of halogens is 1. The molecule has 0 spiro atoms. The molecule has 8 rings (SSSR count). The van der Waals surface area contributed by atoms with Crippen LogP contribution in [-0.4, -0.2) is 127 Å². The van der Waals surface area contributed by atoms with Crippen molar-refractivity contribution in [2.45, 2.75) is 67.5 Å². The number of benzene rings is 6. The highest BCUT2D eigenvalue weighted by atomic mass is 35.5. The second-order valence-electron chi connectivity index (χ2n) is 17.1. The van der Waals surface area contributed by atoms with Gasteiger partial charge in [-0.2, -0.15) is 0 Å². The third-order valence-electron chi connectivity index (χ3n) is 12.0. The molecule has 10 atom stereocenters. The van der Waals surface area contributed by atoms with Gasteiger partial charge in [0.15, 0.2) is 42.9 Å². The van der Waals surface area contributed by atoms with E-state index in [1.807, 2.05) is 6.92 Å². The molecule has 0 N–H and O–H groups in total. The number of thioether (sulfide) groups is 1. The first-order valence-electron chi connectivity index (χ1n) is 24.3. The van der Waals surface area contributed by atoms with Crippen LogP contribution in [0.4, 0.5) is 0 Å². The quantitative estimate of drug-likeness (QED) is 0.0399. The smallest absolute Gasteiger partial charge is 0.338 e. The minimum absolute atomic E-state index is 0.0532. The summed E-state index contributed by atoms with van der Waals surface area (Å²) < 4.78 is 62.4. The Labute approximate surface area is 451 Å². The molecule has 0 aliphatic carbocycles. The molecule has 398 valence electrons. The molecule has 2 aliphatic heterocycles. The van der Waals surface area contributed by atoms with Gasteiger partial charge in [-0.1, -0.05) is 116 Å². The van der Waals surface area contributed by atoms with Gasteiger partial charge in [-0.25, -0.2) is 28.8 Å². The van der Waals surface area contributed by atoms with Gasteiger partial charge < -0.3 is 47.4 Å². The van der Waals surface area contributed by atoms with Crippen LogP contribution in [0, 0.1) is 0 Å². The standard InChI is InChI=1S/C58H51ClO17S/c1-2-77-58-50(76-56(66)41-31-19-8-20-32-41)48(74-54(64)39-27-15-6-16-28-39)46(72-52(62)37-23-11-4-12-24-37)43(70-58)35-68-57-49(75-55(65)40-29-17-7-18-30-40)47(73-53(63)38-25-13-5-14-26-38)45(42(69-57)34-67-44(60)33-59)71-51(61)36-21-9-3-10-22-36/h3-32,42-43,45-50,57-58H,2,33-35H2,1H3/t42-,43-,45-,46-,47+,48+,49+,50+,57+,58-/m1/s1. The Morgan fingerprint density at radius 1 is 0.403 bits per heavy atom. The number of hydrogen-bond donors (Lipinski definition) is 0. The summed E-state index contributed by atoms with van der Waals surface area (Å²) in [7, 11) is 0. The molecule has 0 bridgehead atoms. The SMILES string of the molecule is CCS[C@H]1O[C@H](CO[C@H]2O[C@H](COC(=O)CCl)[C@@H](OC(=O)c3ccccc3)[C@H](OC(=O)c3ccccc3)[C@@H]2OC(=O)c2ccccc2)[C@@H](OC(=O)c2ccccc2)[C@H](OC(=O)c2ccccc2)[C@@H]1OC(=O)c1ccccc1. The highest BCUT2D eigenvalue weighted by Crippen LogP contribution is 2.37. The molecule has 0 aromatic heterocycles. The molecular formula is C58H51ClO17S. The van der Waals surface area contributed by atoms with E-state index in [-0.39, 0.29) is 33.4 Å². The zero-order valence-corrected chi connectivity index (χ0v) is 42.7. The van der Waals surface area contributed by atoms with Gasteiger partial charge >= 0.3 is 41.8 Å². The van der Waals surface area contributed by atoms with Gasteiger partial charge in [-0.15, -0.1) is 23.4 Å². The lowest BCUT2D eigenvalue weighted by atomic mass is 9.97. The zero-order chi connectivity index (χ0) is 54.1. The average molecular weight is 1090 g/mol. The Morgan fingerprint density at radius 3 is 1.04 bits per heavy atom. The van der Waals surface area contributed by atoms with Gasteiger partial charge in [-0.3, -0.25) is 4.79 Å². The van der Waals surface area contributed by atoms with Crippen molar-refractivity contribution in [3.63, 3.8) is 0 Å². The maximum Gasteiger partial charge on any atom is 0.338 e. The van der Waals surface area contributed by atoms with Crippen LogP contribution in [0.25, 0.3) is 0 Å². The van der Waals surface area contributed by atoms with E-state index in [0.29, 0.717) is 5.75 Å². The minimum atomic E-state index is -1.83. The van der Waals surface area contributed by atoms with Crippen LogP contribution in [0.2, 0.25) is 0 Å². The number of rotatable bonds is 20. The lowest BCUT2D eigenvalue weighted by Gasteiger charge is -2.46. The number of alkyl halides is 1. The van der Waals surface area contributed by atoms with Gasteiger partial charge in [-0.05, 0) is 78.5 Å². The van der Waals surface area contributed by atoms with E-state index >= 15 is 0 Å². The Hall–Kier alpha value is -7.87.